The monoisotopic (exact) mass is 354 g/mol. The minimum Gasteiger partial charge on any atom is -0.497 e. The van der Waals surface area contributed by atoms with Crippen molar-refractivity contribution in [1.82, 2.24) is 15.2 Å². The highest BCUT2D eigenvalue weighted by Gasteiger charge is 2.17. The fraction of sp³-hybridized carbons (Fsp3) is 0.263. The molecule has 0 amide bonds. The summed E-state index contributed by atoms with van der Waals surface area (Å²) < 4.78 is 16.1. The molecule has 2 aromatic carbocycles. The van der Waals surface area contributed by atoms with Gasteiger partial charge in [-0.3, -0.25) is 5.10 Å². The number of nitrogens with two attached hydrogens (primary N) is 1. The van der Waals surface area contributed by atoms with E-state index in [9.17, 15) is 0 Å². The number of rotatable bonds is 7. The van der Waals surface area contributed by atoms with Crippen molar-refractivity contribution >= 4 is 0 Å². The fourth-order valence-corrected chi connectivity index (χ4v) is 2.60. The van der Waals surface area contributed by atoms with Crippen molar-refractivity contribution in [3.8, 4) is 28.6 Å². The van der Waals surface area contributed by atoms with E-state index in [0.29, 0.717) is 29.8 Å². The molecule has 0 aliphatic carbocycles. The molecule has 3 aromatic rings. The molecule has 0 aliphatic rings. The van der Waals surface area contributed by atoms with Gasteiger partial charge in [0.05, 0.1) is 26.9 Å². The molecule has 0 spiro atoms. The Balaban J connectivity index is 1.85. The third-order valence-electron chi connectivity index (χ3n) is 3.99. The zero-order valence-electron chi connectivity index (χ0n) is 15.0. The predicted octanol–water partition coefficient (Wildman–Crippen LogP) is 2.94. The van der Waals surface area contributed by atoms with Gasteiger partial charge < -0.3 is 19.9 Å². The smallest absolute Gasteiger partial charge is 0.181 e. The number of aromatic nitrogens is 3. The van der Waals surface area contributed by atoms with Gasteiger partial charge in [0.15, 0.2) is 17.3 Å². The summed E-state index contributed by atoms with van der Waals surface area (Å²) in [6.07, 6.45) is 0. The van der Waals surface area contributed by atoms with Gasteiger partial charge in [-0.1, -0.05) is 6.07 Å². The van der Waals surface area contributed by atoms with Crippen LogP contribution in [0.15, 0.2) is 42.5 Å². The van der Waals surface area contributed by atoms with Crippen molar-refractivity contribution in [2.75, 3.05) is 20.8 Å². The van der Waals surface area contributed by atoms with Gasteiger partial charge in [-0.15, -0.1) is 0 Å². The maximum atomic E-state index is 6.36. The zero-order valence-corrected chi connectivity index (χ0v) is 15.0. The number of benzene rings is 2. The average molecular weight is 354 g/mol. The first-order valence-electron chi connectivity index (χ1n) is 8.29. The van der Waals surface area contributed by atoms with Gasteiger partial charge in [0, 0.05) is 5.56 Å². The summed E-state index contributed by atoms with van der Waals surface area (Å²) in [6.45, 7) is 2.46. The second kappa shape index (κ2) is 7.88. The van der Waals surface area contributed by atoms with E-state index in [4.69, 9.17) is 19.9 Å². The molecule has 136 valence electrons. The Bertz CT molecular complexity index is 861. The Hall–Kier alpha value is -3.06. The molecule has 3 N–H and O–H groups in total. The van der Waals surface area contributed by atoms with Crippen LogP contribution in [0.25, 0.3) is 11.4 Å². The molecule has 0 bridgehead atoms. The van der Waals surface area contributed by atoms with E-state index < -0.39 is 6.04 Å². The summed E-state index contributed by atoms with van der Waals surface area (Å²) in [4.78, 5) is 4.53. The molecule has 0 aliphatic heterocycles. The molecule has 3 rings (SSSR count). The minimum atomic E-state index is -0.459. The summed E-state index contributed by atoms with van der Waals surface area (Å²) in [5, 5.41) is 7.19. The standard InChI is InChI=1S/C19H22N4O3/c1-4-26-16-11-13(7-10-15(16)25-3)17(20)19-21-18(22-23-19)12-5-8-14(24-2)9-6-12/h5-11,17H,4,20H2,1-3H3,(H,21,22,23)/t17-/m0/s1. The molecular formula is C19H22N4O3. The Morgan fingerprint density at radius 1 is 1.04 bits per heavy atom. The number of methoxy groups -OCH3 is 2. The molecule has 7 nitrogen and oxygen atoms in total. The first-order valence-corrected chi connectivity index (χ1v) is 8.29. The highest BCUT2D eigenvalue weighted by molar-refractivity contribution is 5.56. The Kier molecular flexibility index (Phi) is 5.38. The summed E-state index contributed by atoms with van der Waals surface area (Å²) in [5.41, 5.74) is 8.09. The lowest BCUT2D eigenvalue weighted by Crippen LogP contribution is -2.14. The third kappa shape index (κ3) is 3.62. The maximum absolute atomic E-state index is 6.36. The fourth-order valence-electron chi connectivity index (χ4n) is 2.60. The topological polar surface area (TPSA) is 95.3 Å². The van der Waals surface area contributed by atoms with E-state index in [1.807, 2.05) is 49.4 Å². The highest BCUT2D eigenvalue weighted by atomic mass is 16.5. The van der Waals surface area contributed by atoms with Crippen LogP contribution in [0.3, 0.4) is 0 Å². The van der Waals surface area contributed by atoms with E-state index in [-0.39, 0.29) is 0 Å². The number of nitrogens with zero attached hydrogens (tertiary/aromatic N) is 2. The van der Waals surface area contributed by atoms with E-state index >= 15 is 0 Å². The first-order chi connectivity index (χ1) is 12.7. The summed E-state index contributed by atoms with van der Waals surface area (Å²) >= 11 is 0. The van der Waals surface area contributed by atoms with Gasteiger partial charge in [0.25, 0.3) is 0 Å². The van der Waals surface area contributed by atoms with E-state index in [0.717, 1.165) is 16.9 Å². The number of hydrogen-bond donors (Lipinski definition) is 2. The van der Waals surface area contributed by atoms with E-state index in [2.05, 4.69) is 15.2 Å². The van der Waals surface area contributed by atoms with Crippen molar-refractivity contribution in [1.29, 1.82) is 0 Å². The van der Waals surface area contributed by atoms with Gasteiger partial charge >= 0.3 is 0 Å². The molecule has 1 atom stereocenters. The highest BCUT2D eigenvalue weighted by Crippen LogP contribution is 2.31. The number of nitrogens with one attached hydrogen (secondary N) is 1. The summed E-state index contributed by atoms with van der Waals surface area (Å²) in [5.74, 6) is 3.25. The van der Waals surface area contributed by atoms with Crippen LogP contribution in [0, 0.1) is 0 Å². The molecule has 1 heterocycles. The van der Waals surface area contributed by atoms with Crippen molar-refractivity contribution in [2.24, 2.45) is 5.73 Å². The molecule has 0 radical (unpaired) electrons. The van der Waals surface area contributed by atoms with Crippen LogP contribution in [0.5, 0.6) is 17.2 Å². The average Bonchev–Trinajstić information content (AvgIpc) is 3.18. The first kappa shape index (κ1) is 17.8. The normalized spacial score (nSPS) is 11.8. The van der Waals surface area contributed by atoms with Crippen LogP contribution >= 0.6 is 0 Å². The van der Waals surface area contributed by atoms with Crippen LogP contribution in [0.4, 0.5) is 0 Å². The quantitative estimate of drug-likeness (QED) is 0.677. The largest absolute Gasteiger partial charge is 0.497 e. The molecule has 1 aromatic heterocycles. The van der Waals surface area contributed by atoms with Gasteiger partial charge in [-0.05, 0) is 48.9 Å². The lowest BCUT2D eigenvalue weighted by Gasteiger charge is -2.14. The molecule has 26 heavy (non-hydrogen) atoms. The number of aromatic amines is 1. The zero-order chi connectivity index (χ0) is 18.5. The maximum Gasteiger partial charge on any atom is 0.181 e. The third-order valence-corrected chi connectivity index (χ3v) is 3.99. The molecule has 0 unspecified atom stereocenters. The number of H-pyrrole nitrogens is 1. The van der Waals surface area contributed by atoms with Crippen molar-refractivity contribution < 1.29 is 14.2 Å². The van der Waals surface area contributed by atoms with Crippen LogP contribution in [-0.2, 0) is 0 Å². The van der Waals surface area contributed by atoms with E-state index in [1.165, 1.54) is 0 Å². The SMILES string of the molecule is CCOc1cc([C@H](N)c2nc(-c3ccc(OC)cc3)n[nH]2)ccc1OC. The van der Waals surface area contributed by atoms with Gasteiger partial charge in [-0.2, -0.15) is 5.10 Å². The molecule has 0 saturated heterocycles. The molecule has 0 fully saturated rings. The molecule has 0 saturated carbocycles. The van der Waals surface area contributed by atoms with Crippen molar-refractivity contribution in [2.45, 2.75) is 13.0 Å². The van der Waals surface area contributed by atoms with E-state index in [1.54, 1.807) is 14.2 Å². The second-order valence-electron chi connectivity index (χ2n) is 5.59. The summed E-state index contributed by atoms with van der Waals surface area (Å²) in [7, 11) is 3.24. The predicted molar refractivity (Wildman–Crippen MR) is 98.6 cm³/mol. The summed E-state index contributed by atoms with van der Waals surface area (Å²) in [6, 6.07) is 12.7. The minimum absolute atomic E-state index is 0.459. The molecular weight excluding hydrogens is 332 g/mol. The van der Waals surface area contributed by atoms with Crippen LogP contribution < -0.4 is 19.9 Å². The number of ether oxygens (including phenoxy) is 3. The van der Waals surface area contributed by atoms with Crippen LogP contribution in [0.1, 0.15) is 24.4 Å². The van der Waals surface area contributed by atoms with Gasteiger partial charge in [0.2, 0.25) is 0 Å². The second-order valence-corrected chi connectivity index (χ2v) is 5.59. The van der Waals surface area contributed by atoms with Gasteiger partial charge in [0.1, 0.15) is 11.6 Å². The van der Waals surface area contributed by atoms with Crippen molar-refractivity contribution in [3.05, 3.63) is 53.9 Å². The van der Waals surface area contributed by atoms with Crippen molar-refractivity contribution in [3.63, 3.8) is 0 Å². The lowest BCUT2D eigenvalue weighted by atomic mass is 10.1. The molecule has 7 heteroatoms. The number of hydrogen-bond acceptors (Lipinski definition) is 6. The van der Waals surface area contributed by atoms with Crippen LogP contribution in [0.2, 0.25) is 0 Å². The lowest BCUT2D eigenvalue weighted by molar-refractivity contribution is 0.310. The Morgan fingerprint density at radius 3 is 2.46 bits per heavy atom. The Labute approximate surface area is 152 Å². The Morgan fingerprint density at radius 2 is 1.81 bits per heavy atom. The van der Waals surface area contributed by atoms with Crippen LogP contribution in [-0.4, -0.2) is 36.0 Å². The van der Waals surface area contributed by atoms with Gasteiger partial charge in [-0.25, -0.2) is 4.98 Å².